The zero-order chi connectivity index (χ0) is 10.1. The van der Waals surface area contributed by atoms with E-state index in [2.05, 4.69) is 47.1 Å². The number of hydrogen-bond donors (Lipinski definition) is 0. The molecule has 1 atom stereocenters. The van der Waals surface area contributed by atoms with E-state index in [4.69, 9.17) is 0 Å². The molecule has 1 aromatic heterocycles. The first-order valence-corrected chi connectivity index (χ1v) is 6.24. The molecule has 0 spiro atoms. The maximum Gasteiger partial charge on any atom is 0.0939 e. The van der Waals surface area contributed by atoms with E-state index in [9.17, 15) is 0 Å². The van der Waals surface area contributed by atoms with Crippen molar-refractivity contribution in [2.24, 2.45) is 5.41 Å². The van der Waals surface area contributed by atoms with Crippen LogP contribution in [0.2, 0.25) is 0 Å². The molecule has 0 saturated heterocycles. The van der Waals surface area contributed by atoms with Gasteiger partial charge in [-0.2, -0.15) is 0 Å². The van der Waals surface area contributed by atoms with Gasteiger partial charge in [0, 0.05) is 22.3 Å². The third-order valence-electron chi connectivity index (χ3n) is 1.96. The third kappa shape index (κ3) is 3.39. The van der Waals surface area contributed by atoms with Crippen molar-refractivity contribution < 1.29 is 0 Å². The first-order chi connectivity index (χ1) is 5.89. The molecule has 0 bridgehead atoms. The first-order valence-electron chi connectivity index (χ1n) is 4.44. The predicted octanol–water partition coefficient (Wildman–Crippen LogP) is 3.80. The van der Waals surface area contributed by atoms with Gasteiger partial charge >= 0.3 is 0 Å². The fraction of sp³-hybridized carbons (Fsp3) is 0.700. The number of nitrogens with zero attached hydrogens (tertiary/aromatic N) is 1. The number of aryl methyl sites for hydroxylation is 1. The van der Waals surface area contributed by atoms with Gasteiger partial charge < -0.3 is 0 Å². The van der Waals surface area contributed by atoms with Gasteiger partial charge in [0.15, 0.2) is 0 Å². The SMILES string of the molecule is Cc1csc(CC(Br)C(C)(C)C)n1. The van der Waals surface area contributed by atoms with Crippen LogP contribution in [0.3, 0.4) is 0 Å². The molecule has 13 heavy (non-hydrogen) atoms. The predicted molar refractivity (Wildman–Crippen MR) is 62.7 cm³/mol. The van der Waals surface area contributed by atoms with Gasteiger partial charge in [-0.3, -0.25) is 0 Å². The highest BCUT2D eigenvalue weighted by atomic mass is 79.9. The fourth-order valence-corrected chi connectivity index (χ4v) is 2.30. The van der Waals surface area contributed by atoms with Crippen LogP contribution in [0.5, 0.6) is 0 Å². The number of rotatable bonds is 2. The third-order valence-corrected chi connectivity index (χ3v) is 4.65. The Morgan fingerprint density at radius 2 is 2.15 bits per heavy atom. The molecule has 0 N–H and O–H groups in total. The molecule has 0 radical (unpaired) electrons. The van der Waals surface area contributed by atoms with Gasteiger partial charge in [0.2, 0.25) is 0 Å². The molecule has 0 saturated carbocycles. The molecule has 1 unspecified atom stereocenters. The second-order valence-electron chi connectivity index (χ2n) is 4.42. The topological polar surface area (TPSA) is 12.9 Å². The van der Waals surface area contributed by atoms with Crippen molar-refractivity contribution in [1.82, 2.24) is 4.98 Å². The molecular weight excluding hydrogens is 246 g/mol. The Labute approximate surface area is 92.7 Å². The summed E-state index contributed by atoms with van der Waals surface area (Å²) in [4.78, 5) is 4.96. The molecule has 0 fully saturated rings. The monoisotopic (exact) mass is 261 g/mol. The molecule has 0 aliphatic carbocycles. The number of alkyl halides is 1. The summed E-state index contributed by atoms with van der Waals surface area (Å²) in [5.41, 5.74) is 1.44. The molecule has 1 nitrogen and oxygen atoms in total. The van der Waals surface area contributed by atoms with E-state index in [1.807, 2.05) is 6.92 Å². The highest BCUT2D eigenvalue weighted by molar-refractivity contribution is 9.09. The standard InChI is InChI=1S/C10H16BrNS/c1-7-6-13-9(12-7)5-8(11)10(2,3)4/h6,8H,5H2,1-4H3. The van der Waals surface area contributed by atoms with E-state index in [0.29, 0.717) is 10.2 Å². The quantitative estimate of drug-likeness (QED) is 0.739. The lowest BCUT2D eigenvalue weighted by Crippen LogP contribution is -2.22. The van der Waals surface area contributed by atoms with Crippen LogP contribution in [-0.4, -0.2) is 9.81 Å². The van der Waals surface area contributed by atoms with Crippen molar-refractivity contribution in [3.63, 3.8) is 0 Å². The Balaban J connectivity index is 2.60. The highest BCUT2D eigenvalue weighted by Crippen LogP contribution is 2.29. The maximum atomic E-state index is 4.45. The molecule has 0 aliphatic heterocycles. The van der Waals surface area contributed by atoms with Crippen molar-refractivity contribution >= 4 is 27.3 Å². The second-order valence-corrected chi connectivity index (χ2v) is 6.47. The molecule has 74 valence electrons. The Hall–Kier alpha value is 0.110. The Morgan fingerprint density at radius 1 is 1.54 bits per heavy atom. The summed E-state index contributed by atoms with van der Waals surface area (Å²) >= 11 is 5.46. The van der Waals surface area contributed by atoms with Gasteiger partial charge in [-0.15, -0.1) is 11.3 Å². The van der Waals surface area contributed by atoms with Gasteiger partial charge in [-0.25, -0.2) is 4.98 Å². The molecule has 3 heteroatoms. The first kappa shape index (κ1) is 11.2. The Morgan fingerprint density at radius 3 is 2.54 bits per heavy atom. The summed E-state index contributed by atoms with van der Waals surface area (Å²) in [6.45, 7) is 8.77. The fourth-order valence-electron chi connectivity index (χ4n) is 0.956. The number of hydrogen-bond acceptors (Lipinski definition) is 2. The summed E-state index contributed by atoms with van der Waals surface area (Å²) in [5.74, 6) is 0. The van der Waals surface area contributed by atoms with Gasteiger partial charge in [0.1, 0.15) is 0 Å². The van der Waals surface area contributed by atoms with Gasteiger partial charge in [-0.1, -0.05) is 36.7 Å². The lowest BCUT2D eigenvalue weighted by molar-refractivity contribution is 0.397. The van der Waals surface area contributed by atoms with E-state index in [0.717, 1.165) is 12.1 Å². The molecule has 0 aromatic carbocycles. The molecule has 1 aromatic rings. The summed E-state index contributed by atoms with van der Waals surface area (Å²) in [6, 6.07) is 0. The van der Waals surface area contributed by atoms with Gasteiger partial charge in [-0.05, 0) is 12.3 Å². The van der Waals surface area contributed by atoms with E-state index in [-0.39, 0.29) is 0 Å². The van der Waals surface area contributed by atoms with Crippen LogP contribution in [-0.2, 0) is 6.42 Å². The van der Waals surface area contributed by atoms with Gasteiger partial charge in [0.25, 0.3) is 0 Å². The van der Waals surface area contributed by atoms with Crippen LogP contribution in [0.25, 0.3) is 0 Å². The van der Waals surface area contributed by atoms with Crippen LogP contribution in [0.1, 0.15) is 31.5 Å². The van der Waals surface area contributed by atoms with Crippen molar-refractivity contribution in [1.29, 1.82) is 0 Å². The zero-order valence-corrected chi connectivity index (χ0v) is 11.0. The van der Waals surface area contributed by atoms with E-state index < -0.39 is 0 Å². The van der Waals surface area contributed by atoms with Crippen LogP contribution < -0.4 is 0 Å². The summed E-state index contributed by atoms with van der Waals surface area (Å²) in [6.07, 6.45) is 1.03. The summed E-state index contributed by atoms with van der Waals surface area (Å²) in [5, 5.41) is 3.34. The van der Waals surface area contributed by atoms with E-state index >= 15 is 0 Å². The lowest BCUT2D eigenvalue weighted by Gasteiger charge is -2.24. The molecule has 0 amide bonds. The van der Waals surface area contributed by atoms with Crippen LogP contribution in [0.15, 0.2) is 5.38 Å². The van der Waals surface area contributed by atoms with Crippen molar-refractivity contribution in [2.75, 3.05) is 0 Å². The largest absolute Gasteiger partial charge is 0.247 e. The second kappa shape index (κ2) is 4.09. The minimum Gasteiger partial charge on any atom is -0.247 e. The van der Waals surface area contributed by atoms with E-state index in [1.165, 1.54) is 5.01 Å². The highest BCUT2D eigenvalue weighted by Gasteiger charge is 2.22. The molecule has 1 rings (SSSR count). The van der Waals surface area contributed by atoms with Crippen molar-refractivity contribution in [2.45, 2.75) is 38.9 Å². The normalized spacial score (nSPS) is 14.5. The average molecular weight is 262 g/mol. The summed E-state index contributed by atoms with van der Waals surface area (Å²) < 4.78 is 0. The number of thiazole rings is 1. The zero-order valence-electron chi connectivity index (χ0n) is 8.60. The molecule has 0 aliphatic rings. The van der Waals surface area contributed by atoms with Crippen LogP contribution in [0, 0.1) is 12.3 Å². The minimum atomic E-state index is 0.305. The smallest absolute Gasteiger partial charge is 0.0939 e. The van der Waals surface area contributed by atoms with Gasteiger partial charge in [0.05, 0.1) is 5.01 Å². The Kier molecular flexibility index (Phi) is 3.52. The van der Waals surface area contributed by atoms with E-state index in [1.54, 1.807) is 11.3 Å². The van der Waals surface area contributed by atoms with Crippen LogP contribution in [0.4, 0.5) is 0 Å². The van der Waals surface area contributed by atoms with Crippen LogP contribution >= 0.6 is 27.3 Å². The number of aromatic nitrogens is 1. The molecular formula is C10H16BrNS. The van der Waals surface area contributed by atoms with Crippen molar-refractivity contribution in [3.05, 3.63) is 16.1 Å². The Bertz CT molecular complexity index is 275. The number of halogens is 1. The summed E-state index contributed by atoms with van der Waals surface area (Å²) in [7, 11) is 0. The van der Waals surface area contributed by atoms with Crippen molar-refractivity contribution in [3.8, 4) is 0 Å². The maximum absolute atomic E-state index is 4.45. The molecule has 1 heterocycles. The lowest BCUT2D eigenvalue weighted by atomic mass is 9.90. The average Bonchev–Trinajstić information content (AvgIpc) is 2.33. The minimum absolute atomic E-state index is 0.305.